The lowest BCUT2D eigenvalue weighted by Gasteiger charge is -2.33. The number of hydrogen-bond donors (Lipinski definition) is 2. The van der Waals surface area contributed by atoms with Crippen molar-refractivity contribution in [1.29, 1.82) is 0 Å². The van der Waals surface area contributed by atoms with Gasteiger partial charge in [0.05, 0.1) is 13.2 Å². The maximum absolute atomic E-state index is 11.9. The van der Waals surface area contributed by atoms with Crippen molar-refractivity contribution < 1.29 is 9.53 Å². The van der Waals surface area contributed by atoms with Gasteiger partial charge < -0.3 is 25.2 Å². The summed E-state index contributed by atoms with van der Waals surface area (Å²) in [6, 6.07) is 1.28. The monoisotopic (exact) mass is 508 g/mol. The van der Waals surface area contributed by atoms with Crippen molar-refractivity contribution in [2.24, 2.45) is 4.99 Å². The lowest BCUT2D eigenvalue weighted by molar-refractivity contribution is -0.127. The number of morpholine rings is 1. The number of amides is 1. The smallest absolute Gasteiger partial charge is 0.243 e. The molecule has 2 heterocycles. The fraction of sp³-hybridized carbons (Fsp3) is 0.895. The number of nitrogens with one attached hydrogen (secondary N) is 2. The van der Waals surface area contributed by atoms with Crippen LogP contribution < -0.4 is 10.6 Å². The first-order valence-corrected chi connectivity index (χ1v) is 10.4. The highest BCUT2D eigenvalue weighted by molar-refractivity contribution is 14.0. The quantitative estimate of drug-likeness (QED) is 0.291. The standard InChI is InChI=1S/C19H36N6O2.HI/c1-23(2)18(26)15-21-19(20-7-10-24-11-13-27-14-12-24)22-16-5-8-25(9-6-16)17-3-4-17;/h16-17H,3-15H2,1-2H3,(H2,20,21,22);1H. The van der Waals surface area contributed by atoms with Crippen molar-refractivity contribution in [3.63, 3.8) is 0 Å². The number of rotatable bonds is 7. The molecule has 1 saturated carbocycles. The minimum atomic E-state index is 0. The van der Waals surface area contributed by atoms with E-state index in [0.29, 0.717) is 6.04 Å². The van der Waals surface area contributed by atoms with Crippen LogP contribution in [0, 0.1) is 0 Å². The van der Waals surface area contributed by atoms with E-state index in [0.717, 1.165) is 64.2 Å². The van der Waals surface area contributed by atoms with Crippen molar-refractivity contribution in [3.8, 4) is 0 Å². The average Bonchev–Trinajstić information content (AvgIpc) is 3.52. The molecule has 0 spiro atoms. The molecule has 8 nitrogen and oxygen atoms in total. The molecule has 3 fully saturated rings. The van der Waals surface area contributed by atoms with Gasteiger partial charge in [-0.25, -0.2) is 4.99 Å². The SMILES string of the molecule is CN(C)C(=O)CN=C(NCCN1CCOCC1)NC1CCN(C2CC2)CC1.I. The Kier molecular flexibility index (Phi) is 10.2. The second-order valence-electron chi connectivity index (χ2n) is 8.02. The van der Waals surface area contributed by atoms with Gasteiger partial charge in [0, 0.05) is 65.4 Å². The van der Waals surface area contributed by atoms with Gasteiger partial charge >= 0.3 is 0 Å². The molecule has 3 aliphatic rings. The predicted molar refractivity (Wildman–Crippen MR) is 122 cm³/mol. The van der Waals surface area contributed by atoms with Crippen LogP contribution in [0.25, 0.3) is 0 Å². The molecule has 2 N–H and O–H groups in total. The Morgan fingerprint density at radius 2 is 1.79 bits per heavy atom. The maximum atomic E-state index is 11.9. The van der Waals surface area contributed by atoms with Crippen molar-refractivity contribution >= 4 is 35.8 Å². The average molecular weight is 508 g/mol. The van der Waals surface area contributed by atoms with Gasteiger partial charge in [-0.1, -0.05) is 0 Å². The molecule has 2 aliphatic heterocycles. The number of carbonyl (C=O) groups excluding carboxylic acids is 1. The number of aliphatic imine (C=N–C) groups is 1. The first-order chi connectivity index (χ1) is 13.1. The van der Waals surface area contributed by atoms with Crippen LogP contribution in [0.5, 0.6) is 0 Å². The van der Waals surface area contributed by atoms with E-state index >= 15 is 0 Å². The van der Waals surface area contributed by atoms with Gasteiger partial charge in [0.15, 0.2) is 5.96 Å². The van der Waals surface area contributed by atoms with Crippen LogP contribution in [0.15, 0.2) is 4.99 Å². The first kappa shape index (κ1) is 23.6. The maximum Gasteiger partial charge on any atom is 0.243 e. The minimum absolute atomic E-state index is 0. The number of likely N-dealkylation sites (N-methyl/N-ethyl adjacent to an activating group) is 1. The van der Waals surface area contributed by atoms with Gasteiger partial charge in [-0.15, -0.1) is 24.0 Å². The lowest BCUT2D eigenvalue weighted by atomic mass is 10.1. The van der Waals surface area contributed by atoms with E-state index in [1.165, 1.54) is 25.9 Å². The molecule has 9 heteroatoms. The first-order valence-electron chi connectivity index (χ1n) is 10.4. The zero-order chi connectivity index (χ0) is 19.1. The van der Waals surface area contributed by atoms with Crippen LogP contribution >= 0.6 is 24.0 Å². The summed E-state index contributed by atoms with van der Waals surface area (Å²) < 4.78 is 5.40. The van der Waals surface area contributed by atoms with Gasteiger partial charge in [-0.2, -0.15) is 0 Å². The number of guanidine groups is 1. The Morgan fingerprint density at radius 1 is 1.11 bits per heavy atom. The van der Waals surface area contributed by atoms with Crippen LogP contribution in [0.3, 0.4) is 0 Å². The van der Waals surface area contributed by atoms with Crippen molar-refractivity contribution in [3.05, 3.63) is 0 Å². The van der Waals surface area contributed by atoms with E-state index < -0.39 is 0 Å². The normalized spacial score (nSPS) is 22.4. The molecular formula is C19H37IN6O2. The van der Waals surface area contributed by atoms with Gasteiger partial charge in [0.1, 0.15) is 6.54 Å². The third-order valence-corrected chi connectivity index (χ3v) is 5.63. The highest BCUT2D eigenvalue weighted by atomic mass is 127. The molecule has 1 amide bonds. The lowest BCUT2D eigenvalue weighted by Crippen LogP contribution is -2.50. The summed E-state index contributed by atoms with van der Waals surface area (Å²) in [5, 5.41) is 6.99. The van der Waals surface area contributed by atoms with Crippen LogP contribution in [-0.4, -0.2) is 112 Å². The minimum Gasteiger partial charge on any atom is -0.379 e. The largest absolute Gasteiger partial charge is 0.379 e. The summed E-state index contributed by atoms with van der Waals surface area (Å²) >= 11 is 0. The van der Waals surface area contributed by atoms with E-state index in [1.54, 1.807) is 19.0 Å². The zero-order valence-electron chi connectivity index (χ0n) is 17.4. The molecule has 28 heavy (non-hydrogen) atoms. The van der Waals surface area contributed by atoms with Crippen LogP contribution in [0.2, 0.25) is 0 Å². The summed E-state index contributed by atoms with van der Waals surface area (Å²) in [5.74, 6) is 0.788. The number of carbonyl (C=O) groups is 1. The summed E-state index contributed by atoms with van der Waals surface area (Å²) in [6.07, 6.45) is 5.03. The van der Waals surface area contributed by atoms with E-state index in [1.807, 2.05) is 0 Å². The van der Waals surface area contributed by atoms with Crippen molar-refractivity contribution in [2.75, 3.05) is 73.1 Å². The van der Waals surface area contributed by atoms with Gasteiger partial charge in [-0.3, -0.25) is 9.69 Å². The summed E-state index contributed by atoms with van der Waals surface area (Å²) in [4.78, 5) is 23.1. The number of halogens is 1. The Bertz CT molecular complexity index is 501. The molecule has 0 bridgehead atoms. The van der Waals surface area contributed by atoms with E-state index in [9.17, 15) is 4.79 Å². The number of hydrogen-bond acceptors (Lipinski definition) is 5. The van der Waals surface area contributed by atoms with Gasteiger partial charge in [0.25, 0.3) is 0 Å². The van der Waals surface area contributed by atoms with Crippen LogP contribution in [-0.2, 0) is 9.53 Å². The van der Waals surface area contributed by atoms with Gasteiger partial charge in [0.2, 0.25) is 5.91 Å². The molecule has 0 unspecified atom stereocenters. The highest BCUT2D eigenvalue weighted by Gasteiger charge is 2.31. The topological polar surface area (TPSA) is 72.4 Å². The molecule has 0 aromatic carbocycles. The molecule has 0 radical (unpaired) electrons. The third kappa shape index (κ3) is 8.00. The molecule has 3 rings (SSSR count). The van der Waals surface area contributed by atoms with E-state index in [2.05, 4.69) is 25.4 Å². The Balaban J connectivity index is 0.00000280. The Hall–Kier alpha value is -0.650. The zero-order valence-corrected chi connectivity index (χ0v) is 19.7. The van der Waals surface area contributed by atoms with E-state index in [4.69, 9.17) is 4.74 Å². The number of nitrogens with zero attached hydrogens (tertiary/aromatic N) is 4. The van der Waals surface area contributed by atoms with Crippen LogP contribution in [0.4, 0.5) is 0 Å². The molecule has 0 aromatic rings. The molecule has 1 aliphatic carbocycles. The molecule has 2 saturated heterocycles. The fourth-order valence-electron chi connectivity index (χ4n) is 3.64. The third-order valence-electron chi connectivity index (χ3n) is 5.63. The number of likely N-dealkylation sites (tertiary alicyclic amines) is 1. The molecule has 162 valence electrons. The van der Waals surface area contributed by atoms with Crippen LogP contribution in [0.1, 0.15) is 25.7 Å². The summed E-state index contributed by atoms with van der Waals surface area (Å²) in [6.45, 7) is 7.91. The second-order valence-corrected chi connectivity index (χ2v) is 8.02. The fourth-order valence-corrected chi connectivity index (χ4v) is 3.64. The second kappa shape index (κ2) is 12.1. The van der Waals surface area contributed by atoms with Crippen molar-refractivity contribution in [1.82, 2.24) is 25.3 Å². The number of ether oxygens (including phenoxy) is 1. The predicted octanol–water partition coefficient (Wildman–Crippen LogP) is 0.187. The van der Waals surface area contributed by atoms with Gasteiger partial charge in [-0.05, 0) is 25.7 Å². The molecule has 0 atom stereocenters. The Labute approximate surface area is 186 Å². The summed E-state index contributed by atoms with van der Waals surface area (Å²) in [7, 11) is 3.54. The number of piperidine rings is 1. The highest BCUT2D eigenvalue weighted by Crippen LogP contribution is 2.29. The summed E-state index contributed by atoms with van der Waals surface area (Å²) in [5.41, 5.74) is 0. The molecule has 0 aromatic heterocycles. The van der Waals surface area contributed by atoms with E-state index in [-0.39, 0.29) is 36.4 Å². The van der Waals surface area contributed by atoms with Crippen molar-refractivity contribution in [2.45, 2.75) is 37.8 Å². The Morgan fingerprint density at radius 3 is 2.39 bits per heavy atom. The molecular weight excluding hydrogens is 471 g/mol.